The lowest BCUT2D eigenvalue weighted by atomic mass is 10.2. The van der Waals surface area contributed by atoms with Crippen LogP contribution in [-0.2, 0) is 0 Å². The molecule has 0 aliphatic heterocycles. The Morgan fingerprint density at radius 1 is 1.18 bits per heavy atom. The molecule has 0 atom stereocenters. The lowest BCUT2D eigenvalue weighted by molar-refractivity contribution is 0.540. The van der Waals surface area contributed by atoms with Gasteiger partial charge in [-0.15, -0.1) is 0 Å². The first-order chi connectivity index (χ1) is 5.38. The molecule has 1 nitrogen and oxygen atoms in total. The Labute approximate surface area is 65.6 Å². The molecule has 0 radical (unpaired) electrons. The zero-order chi connectivity index (χ0) is 8.10. The van der Waals surface area contributed by atoms with Gasteiger partial charge in [0.2, 0.25) is 0 Å². The molecule has 1 aromatic carbocycles. The molecule has 1 N–H and O–H groups in total. The predicted octanol–water partition coefficient (Wildman–Crippen LogP) is 0.949. The summed E-state index contributed by atoms with van der Waals surface area (Å²) in [5.41, 5.74) is 0. The third-order valence-corrected chi connectivity index (χ3v) is 1.43. The Bertz CT molecular complexity index is 349. The van der Waals surface area contributed by atoms with Crippen LogP contribution >= 0.6 is 0 Å². The highest BCUT2D eigenvalue weighted by molar-refractivity contribution is 5.36. The van der Waals surface area contributed by atoms with Crippen molar-refractivity contribution in [1.29, 1.82) is 0 Å². The summed E-state index contributed by atoms with van der Waals surface area (Å²) < 4.78 is 0. The molecule has 1 rings (SSSR count). The van der Waals surface area contributed by atoms with E-state index < -0.39 is 0 Å². The van der Waals surface area contributed by atoms with Crippen molar-refractivity contribution in [2.24, 2.45) is 0 Å². The molecule has 0 fully saturated rings. The predicted molar refractivity (Wildman–Crippen MR) is 47.4 cm³/mol. The van der Waals surface area contributed by atoms with Crippen molar-refractivity contribution in [2.45, 2.75) is 0 Å². The van der Waals surface area contributed by atoms with Crippen molar-refractivity contribution in [3.8, 4) is 0 Å². The van der Waals surface area contributed by atoms with E-state index in [0.29, 0.717) is 0 Å². The van der Waals surface area contributed by atoms with E-state index in [0.717, 1.165) is 16.7 Å². The molecule has 0 spiro atoms. The second-order valence-electron chi connectivity index (χ2n) is 2.16. The largest absolute Gasteiger partial charge is 0.515 e. The third kappa shape index (κ3) is 1.71. The number of hydrogen-bond donors (Lipinski definition) is 1. The minimum absolute atomic E-state index is 0.812. The monoisotopic (exact) mass is 146 g/mol. The Kier molecular flexibility index (Phi) is 2.50. The fourth-order valence-electron chi connectivity index (χ4n) is 0.907. The summed E-state index contributed by atoms with van der Waals surface area (Å²) in [4.78, 5) is 0. The van der Waals surface area contributed by atoms with Gasteiger partial charge in [0.1, 0.15) is 0 Å². The maximum Gasteiger partial charge on any atom is 0.0870 e. The van der Waals surface area contributed by atoms with E-state index in [2.05, 4.69) is 6.58 Å². The Morgan fingerprint density at radius 2 is 1.82 bits per heavy atom. The maximum atomic E-state index is 8.77. The molecule has 1 aromatic rings. The zero-order valence-electron chi connectivity index (χ0n) is 6.20. The molecule has 56 valence electrons. The lowest BCUT2D eigenvalue weighted by Gasteiger charge is -1.85. The second kappa shape index (κ2) is 3.62. The summed E-state index contributed by atoms with van der Waals surface area (Å²) in [5, 5.41) is 10.6. The van der Waals surface area contributed by atoms with Crippen molar-refractivity contribution < 1.29 is 5.11 Å². The molecule has 11 heavy (non-hydrogen) atoms. The molecule has 0 saturated carbocycles. The topological polar surface area (TPSA) is 20.2 Å². The summed E-state index contributed by atoms with van der Waals surface area (Å²) in [5.74, 6) is 0. The number of benzene rings is 1. The van der Waals surface area contributed by atoms with E-state index in [1.807, 2.05) is 30.3 Å². The van der Waals surface area contributed by atoms with Crippen LogP contribution in [0.5, 0.6) is 0 Å². The second-order valence-corrected chi connectivity index (χ2v) is 2.16. The van der Waals surface area contributed by atoms with Gasteiger partial charge in [-0.2, -0.15) is 0 Å². The fraction of sp³-hybridized carbons (Fsp3) is 0. The van der Waals surface area contributed by atoms with Gasteiger partial charge in [0, 0.05) is 5.22 Å². The van der Waals surface area contributed by atoms with E-state index in [-0.39, 0.29) is 0 Å². The average molecular weight is 146 g/mol. The molecule has 0 bridgehead atoms. The van der Waals surface area contributed by atoms with Crippen molar-refractivity contribution in [2.75, 3.05) is 0 Å². The third-order valence-electron chi connectivity index (χ3n) is 1.43. The summed E-state index contributed by atoms with van der Waals surface area (Å²) >= 11 is 0. The summed E-state index contributed by atoms with van der Waals surface area (Å²) in [6.07, 6.45) is 4.64. The number of allylic oxidation sites excluding steroid dienone is 1. The van der Waals surface area contributed by atoms with Gasteiger partial charge in [-0.05, 0) is 5.22 Å². The normalized spacial score (nSPS) is 13.5. The molecule has 1 heteroatoms. The van der Waals surface area contributed by atoms with Gasteiger partial charge < -0.3 is 5.11 Å². The number of hydrogen-bond acceptors (Lipinski definition) is 1. The van der Waals surface area contributed by atoms with E-state index in [1.165, 1.54) is 0 Å². The first-order valence-corrected chi connectivity index (χ1v) is 3.40. The van der Waals surface area contributed by atoms with Crippen LogP contribution in [0.25, 0.3) is 12.3 Å². The first-order valence-electron chi connectivity index (χ1n) is 3.40. The van der Waals surface area contributed by atoms with Crippen molar-refractivity contribution in [3.05, 3.63) is 47.4 Å². The van der Waals surface area contributed by atoms with E-state index >= 15 is 0 Å². The maximum absolute atomic E-state index is 8.77. The van der Waals surface area contributed by atoms with Gasteiger partial charge in [-0.3, -0.25) is 0 Å². The van der Waals surface area contributed by atoms with Crippen LogP contribution in [0, 0.1) is 0 Å². The lowest BCUT2D eigenvalue weighted by Crippen LogP contribution is -2.22. The molecule has 0 aliphatic carbocycles. The molecule has 0 amide bonds. The zero-order valence-corrected chi connectivity index (χ0v) is 6.20. The van der Waals surface area contributed by atoms with Crippen LogP contribution in [0.4, 0.5) is 0 Å². The van der Waals surface area contributed by atoms with Crippen LogP contribution in [0.3, 0.4) is 0 Å². The number of aliphatic hydroxyl groups is 1. The highest BCUT2D eigenvalue weighted by Crippen LogP contribution is 1.71. The van der Waals surface area contributed by atoms with E-state index in [1.54, 1.807) is 6.08 Å². The van der Waals surface area contributed by atoms with Crippen LogP contribution in [0.15, 0.2) is 36.9 Å². The van der Waals surface area contributed by atoms with Gasteiger partial charge >= 0.3 is 0 Å². The molecular weight excluding hydrogens is 136 g/mol. The first kappa shape index (κ1) is 7.61. The van der Waals surface area contributed by atoms with Gasteiger partial charge in [0.25, 0.3) is 0 Å². The van der Waals surface area contributed by atoms with Crippen LogP contribution in [-0.4, -0.2) is 5.11 Å². The summed E-state index contributed by atoms with van der Waals surface area (Å²) in [6, 6.07) is 7.56. The highest BCUT2D eigenvalue weighted by atomic mass is 16.2. The number of rotatable bonds is 1. The standard InChI is InChI=1S/C10H10O/c1-2-5-9-6-3-4-7-10(9)8-11/h2-8,11H,1H2/b9-5-,10-8-. The van der Waals surface area contributed by atoms with Gasteiger partial charge in [0.05, 0.1) is 6.26 Å². The van der Waals surface area contributed by atoms with Crippen molar-refractivity contribution in [1.82, 2.24) is 0 Å². The van der Waals surface area contributed by atoms with Gasteiger partial charge in [-0.1, -0.05) is 43.0 Å². The quantitative estimate of drug-likeness (QED) is 0.625. The van der Waals surface area contributed by atoms with E-state index in [9.17, 15) is 0 Å². The highest BCUT2D eigenvalue weighted by Gasteiger charge is 1.79. The average Bonchev–Trinajstić information content (AvgIpc) is 2.06. The fourth-order valence-corrected chi connectivity index (χ4v) is 0.907. The van der Waals surface area contributed by atoms with Crippen LogP contribution < -0.4 is 10.4 Å². The molecule has 0 unspecified atom stereocenters. The Balaban J connectivity index is 3.48. The molecule has 0 aromatic heterocycles. The van der Waals surface area contributed by atoms with Gasteiger partial charge in [-0.25, -0.2) is 0 Å². The van der Waals surface area contributed by atoms with Gasteiger partial charge in [0.15, 0.2) is 0 Å². The van der Waals surface area contributed by atoms with Crippen molar-refractivity contribution in [3.63, 3.8) is 0 Å². The van der Waals surface area contributed by atoms with E-state index in [4.69, 9.17) is 5.11 Å². The minimum Gasteiger partial charge on any atom is -0.515 e. The Morgan fingerprint density at radius 3 is 2.36 bits per heavy atom. The summed E-state index contributed by atoms with van der Waals surface area (Å²) in [7, 11) is 0. The van der Waals surface area contributed by atoms with Crippen LogP contribution in [0.2, 0.25) is 0 Å². The molecule has 0 heterocycles. The molecule has 0 saturated heterocycles. The minimum atomic E-state index is 0.812. The SMILES string of the molecule is C=C/C=c1/cccc/c1=C/O. The molecular formula is C10H10O. The van der Waals surface area contributed by atoms with Crippen molar-refractivity contribution >= 4 is 12.3 Å². The number of aliphatic hydroxyl groups excluding tert-OH is 1. The summed E-state index contributed by atoms with van der Waals surface area (Å²) in [6.45, 7) is 3.58. The smallest absolute Gasteiger partial charge is 0.0870 e. The van der Waals surface area contributed by atoms with Crippen LogP contribution in [0.1, 0.15) is 0 Å². The Hall–Kier alpha value is -1.50. The molecule has 0 aliphatic rings.